The lowest BCUT2D eigenvalue weighted by Gasteiger charge is -2.07. The normalized spacial score (nSPS) is 10.9. The summed E-state index contributed by atoms with van der Waals surface area (Å²) in [4.78, 5) is 20.8. The summed E-state index contributed by atoms with van der Waals surface area (Å²) in [5.74, 6) is 1.07. The van der Waals surface area contributed by atoms with E-state index in [0.29, 0.717) is 23.8 Å². The zero-order valence-corrected chi connectivity index (χ0v) is 15.9. The van der Waals surface area contributed by atoms with Gasteiger partial charge < -0.3 is 9.26 Å². The molecule has 0 aliphatic carbocycles. The first-order valence-corrected chi connectivity index (χ1v) is 9.48. The molecular weight excluding hydrogens is 378 g/mol. The van der Waals surface area contributed by atoms with Crippen molar-refractivity contribution in [3.05, 3.63) is 101 Å². The quantitative estimate of drug-likeness (QED) is 0.461. The second-order valence-corrected chi connectivity index (χ2v) is 6.80. The Hall–Kier alpha value is -4.19. The first-order valence-electron chi connectivity index (χ1n) is 9.48. The summed E-state index contributed by atoms with van der Waals surface area (Å²) in [5.41, 5.74) is 3.65. The van der Waals surface area contributed by atoms with Gasteiger partial charge in [-0.1, -0.05) is 42.5 Å². The second-order valence-electron chi connectivity index (χ2n) is 6.80. The van der Waals surface area contributed by atoms with Crippen LogP contribution in [0, 0.1) is 0 Å². The molecule has 0 aliphatic rings. The molecule has 0 spiro atoms. The number of fused-ring (bicyclic) bond motifs is 1. The molecule has 3 aromatic heterocycles. The number of hydrogen-bond donors (Lipinski definition) is 1. The highest BCUT2D eigenvalue weighted by Crippen LogP contribution is 2.29. The number of aromatic amines is 1. The van der Waals surface area contributed by atoms with Gasteiger partial charge in [0.1, 0.15) is 6.61 Å². The third-order valence-corrected chi connectivity index (χ3v) is 4.84. The molecule has 6 heteroatoms. The lowest BCUT2D eigenvalue weighted by Crippen LogP contribution is -2.01. The number of nitrogens with one attached hydrogen (secondary N) is 1. The van der Waals surface area contributed by atoms with Crippen LogP contribution < -0.4 is 10.3 Å². The zero-order chi connectivity index (χ0) is 20.3. The SMILES string of the molecule is O=c1[nH]oc(-c2ccc(COc3ccc4ccccc4n3)cc2)c1-c1ccncc1. The fourth-order valence-corrected chi connectivity index (χ4v) is 3.32. The van der Waals surface area contributed by atoms with Crippen LogP contribution in [0.5, 0.6) is 5.88 Å². The number of hydrogen-bond acceptors (Lipinski definition) is 5. The van der Waals surface area contributed by atoms with Gasteiger partial charge in [0.15, 0.2) is 5.76 Å². The number of aromatic nitrogens is 3. The molecule has 30 heavy (non-hydrogen) atoms. The van der Waals surface area contributed by atoms with E-state index in [9.17, 15) is 4.79 Å². The van der Waals surface area contributed by atoms with Crippen LogP contribution >= 0.6 is 0 Å². The largest absolute Gasteiger partial charge is 0.473 e. The van der Waals surface area contributed by atoms with Crippen LogP contribution in [-0.4, -0.2) is 15.1 Å². The van der Waals surface area contributed by atoms with Gasteiger partial charge in [0.25, 0.3) is 5.56 Å². The lowest BCUT2D eigenvalue weighted by molar-refractivity contribution is 0.295. The Labute approximate surface area is 171 Å². The molecule has 0 atom stereocenters. The number of rotatable bonds is 5. The average molecular weight is 395 g/mol. The van der Waals surface area contributed by atoms with Crippen LogP contribution in [0.1, 0.15) is 5.56 Å². The minimum atomic E-state index is -0.272. The van der Waals surface area contributed by atoms with Crippen molar-refractivity contribution in [2.24, 2.45) is 0 Å². The van der Waals surface area contributed by atoms with Crippen LogP contribution in [-0.2, 0) is 6.61 Å². The van der Waals surface area contributed by atoms with Gasteiger partial charge in [-0.25, -0.2) is 4.98 Å². The van der Waals surface area contributed by atoms with Gasteiger partial charge in [0.05, 0.1) is 11.1 Å². The minimum Gasteiger partial charge on any atom is -0.473 e. The van der Waals surface area contributed by atoms with E-state index in [2.05, 4.69) is 15.1 Å². The molecule has 0 aliphatic heterocycles. The van der Waals surface area contributed by atoms with E-state index >= 15 is 0 Å². The van der Waals surface area contributed by atoms with Crippen molar-refractivity contribution in [2.75, 3.05) is 0 Å². The summed E-state index contributed by atoms with van der Waals surface area (Å²) in [6.07, 6.45) is 3.29. The fourth-order valence-electron chi connectivity index (χ4n) is 3.32. The molecule has 146 valence electrons. The molecule has 0 radical (unpaired) electrons. The summed E-state index contributed by atoms with van der Waals surface area (Å²) in [5, 5.41) is 3.50. The van der Waals surface area contributed by atoms with Crippen molar-refractivity contribution >= 4 is 10.9 Å². The van der Waals surface area contributed by atoms with Gasteiger partial charge in [0, 0.05) is 29.4 Å². The summed E-state index contributed by atoms with van der Waals surface area (Å²) < 4.78 is 11.3. The van der Waals surface area contributed by atoms with Crippen molar-refractivity contribution in [2.45, 2.75) is 6.61 Å². The Morgan fingerprint density at radius 2 is 1.67 bits per heavy atom. The molecule has 0 fully saturated rings. The molecule has 0 saturated carbocycles. The van der Waals surface area contributed by atoms with Gasteiger partial charge in [-0.2, -0.15) is 5.16 Å². The first kappa shape index (κ1) is 17.9. The van der Waals surface area contributed by atoms with E-state index in [1.54, 1.807) is 24.5 Å². The van der Waals surface area contributed by atoms with Crippen molar-refractivity contribution < 1.29 is 9.26 Å². The van der Waals surface area contributed by atoms with Gasteiger partial charge in [-0.3, -0.25) is 9.78 Å². The number of para-hydroxylation sites is 1. The van der Waals surface area contributed by atoms with Crippen LogP contribution in [0.25, 0.3) is 33.4 Å². The highest BCUT2D eigenvalue weighted by atomic mass is 16.5. The van der Waals surface area contributed by atoms with Crippen molar-refractivity contribution in [3.63, 3.8) is 0 Å². The molecule has 0 saturated heterocycles. The Kier molecular flexibility index (Phi) is 4.57. The standard InChI is InChI=1S/C24H17N3O3/c28-24-22(18-11-13-25-14-12-18)23(30-27-24)19-7-5-16(6-8-19)15-29-21-10-9-17-3-1-2-4-20(17)26-21/h1-14H,15H2,(H,27,28). The molecule has 0 bridgehead atoms. The summed E-state index contributed by atoms with van der Waals surface area (Å²) in [6.45, 7) is 0.389. The van der Waals surface area contributed by atoms with Crippen molar-refractivity contribution in [1.29, 1.82) is 0 Å². The van der Waals surface area contributed by atoms with E-state index in [-0.39, 0.29) is 5.56 Å². The maximum atomic E-state index is 12.2. The average Bonchev–Trinajstić information content (AvgIpc) is 3.20. The third-order valence-electron chi connectivity index (χ3n) is 4.84. The molecule has 3 heterocycles. The van der Waals surface area contributed by atoms with E-state index in [0.717, 1.165) is 27.6 Å². The van der Waals surface area contributed by atoms with Crippen molar-refractivity contribution in [1.82, 2.24) is 15.1 Å². The van der Waals surface area contributed by atoms with Crippen LogP contribution in [0.3, 0.4) is 0 Å². The molecule has 5 aromatic rings. The first-order chi connectivity index (χ1) is 14.8. The van der Waals surface area contributed by atoms with E-state index in [4.69, 9.17) is 9.26 Å². The maximum absolute atomic E-state index is 12.2. The third kappa shape index (κ3) is 3.46. The second kappa shape index (κ2) is 7.67. The maximum Gasteiger partial charge on any atom is 0.288 e. The Morgan fingerprint density at radius 3 is 2.50 bits per heavy atom. The molecular formula is C24H17N3O3. The number of nitrogens with zero attached hydrogens (tertiary/aromatic N) is 2. The summed E-state index contributed by atoms with van der Waals surface area (Å²) in [7, 11) is 0. The van der Waals surface area contributed by atoms with E-state index < -0.39 is 0 Å². The van der Waals surface area contributed by atoms with Gasteiger partial charge in [-0.15, -0.1) is 0 Å². The van der Waals surface area contributed by atoms with Crippen LogP contribution in [0.2, 0.25) is 0 Å². The number of benzene rings is 2. The number of pyridine rings is 2. The Bertz CT molecular complexity index is 1360. The van der Waals surface area contributed by atoms with Gasteiger partial charge in [-0.05, 0) is 35.4 Å². The topological polar surface area (TPSA) is 81.0 Å². The van der Waals surface area contributed by atoms with E-state index in [1.807, 2.05) is 60.7 Å². The molecule has 0 unspecified atom stereocenters. The van der Waals surface area contributed by atoms with Crippen LogP contribution in [0.15, 0.2) is 94.5 Å². The predicted molar refractivity (Wildman–Crippen MR) is 114 cm³/mol. The lowest BCUT2D eigenvalue weighted by atomic mass is 10.0. The molecule has 1 N–H and O–H groups in total. The Balaban J connectivity index is 1.36. The van der Waals surface area contributed by atoms with Crippen LogP contribution in [0.4, 0.5) is 0 Å². The highest BCUT2D eigenvalue weighted by molar-refractivity contribution is 5.79. The molecule has 0 amide bonds. The fraction of sp³-hybridized carbons (Fsp3) is 0.0417. The molecule has 6 nitrogen and oxygen atoms in total. The van der Waals surface area contributed by atoms with Gasteiger partial charge in [0.2, 0.25) is 5.88 Å². The number of ether oxygens (including phenoxy) is 1. The van der Waals surface area contributed by atoms with Gasteiger partial charge >= 0.3 is 0 Å². The molecule has 2 aromatic carbocycles. The monoisotopic (exact) mass is 395 g/mol. The highest BCUT2D eigenvalue weighted by Gasteiger charge is 2.16. The smallest absolute Gasteiger partial charge is 0.288 e. The predicted octanol–water partition coefficient (Wildman–Crippen LogP) is 4.82. The minimum absolute atomic E-state index is 0.272. The van der Waals surface area contributed by atoms with Crippen molar-refractivity contribution in [3.8, 4) is 28.3 Å². The Morgan fingerprint density at radius 1 is 0.867 bits per heavy atom. The summed E-state index contributed by atoms with van der Waals surface area (Å²) >= 11 is 0. The zero-order valence-electron chi connectivity index (χ0n) is 15.9. The molecule has 5 rings (SSSR count). The number of H-pyrrole nitrogens is 1. The van der Waals surface area contributed by atoms with E-state index in [1.165, 1.54) is 0 Å². The summed E-state index contributed by atoms with van der Waals surface area (Å²) in [6, 6.07) is 23.0.